The number of Topliss-reactive ketones (excluding diaryl/α,β-unsaturated/α-hetero) is 1. The van der Waals surface area contributed by atoms with Gasteiger partial charge in [-0.05, 0) is 13.0 Å². The van der Waals surface area contributed by atoms with Crippen LogP contribution in [0.25, 0.3) is 0 Å². The first-order valence-electron chi connectivity index (χ1n) is 2.07. The van der Waals surface area contributed by atoms with Gasteiger partial charge in [0.15, 0.2) is 12.0 Å². The second-order valence-corrected chi connectivity index (χ2v) is 1.16. The minimum atomic E-state index is -0.882. The molecule has 1 N–H and O–H groups in total. The van der Waals surface area contributed by atoms with Crippen LogP contribution in [0.5, 0.6) is 0 Å². The molecule has 8 heavy (non-hydrogen) atoms. The number of carbonyl (C=O) groups excluding carboxylic acids is 2. The highest BCUT2D eigenvalue weighted by atomic mass is 16.3. The largest absolute Gasteiger partial charge is 0.504 e. The van der Waals surface area contributed by atoms with Crippen molar-refractivity contribution in [3.63, 3.8) is 0 Å². The number of ketones is 1. The molecule has 0 aliphatic heterocycles. The number of hydrogen-bond donors (Lipinski definition) is 1. The zero-order valence-corrected chi connectivity index (χ0v) is 4.42. The zero-order chi connectivity index (χ0) is 6.57. The third kappa shape index (κ3) is 1.55. The quantitative estimate of drug-likeness (QED) is 0.242. The van der Waals surface area contributed by atoms with Crippen molar-refractivity contribution in [2.75, 3.05) is 0 Å². The third-order valence-corrected chi connectivity index (χ3v) is 0.633. The molecule has 0 radical (unpaired) electrons. The lowest BCUT2D eigenvalue weighted by atomic mass is 10.3. The van der Waals surface area contributed by atoms with Crippen LogP contribution >= 0.6 is 0 Å². The lowest BCUT2D eigenvalue weighted by molar-refractivity contribution is -0.129. The molecule has 0 amide bonds. The van der Waals surface area contributed by atoms with Gasteiger partial charge in [0.1, 0.15) is 0 Å². The first kappa shape index (κ1) is 6.88. The van der Waals surface area contributed by atoms with Crippen LogP contribution in [0.15, 0.2) is 11.8 Å². The van der Waals surface area contributed by atoms with Gasteiger partial charge in [-0.15, -0.1) is 0 Å². The summed E-state index contributed by atoms with van der Waals surface area (Å²) in [5.74, 6) is -1.38. The van der Waals surface area contributed by atoms with Crippen LogP contribution in [0.3, 0.4) is 0 Å². The molecule has 0 spiro atoms. The highest BCUT2D eigenvalue weighted by Gasteiger charge is 2.00. The van der Waals surface area contributed by atoms with Gasteiger partial charge in [-0.1, -0.05) is 0 Å². The molecular weight excluding hydrogens is 108 g/mol. The fraction of sp³-hybridized carbons (Fsp3) is 0.200. The van der Waals surface area contributed by atoms with E-state index in [2.05, 4.69) is 0 Å². The monoisotopic (exact) mass is 114 g/mol. The maximum atomic E-state index is 10.1. The average molecular weight is 114 g/mol. The third-order valence-electron chi connectivity index (χ3n) is 0.633. The van der Waals surface area contributed by atoms with Gasteiger partial charge < -0.3 is 5.11 Å². The van der Waals surface area contributed by atoms with E-state index in [1.165, 1.54) is 6.92 Å². The molecule has 0 rings (SSSR count). The first-order chi connectivity index (χ1) is 3.72. The Morgan fingerprint density at radius 1 is 1.62 bits per heavy atom. The van der Waals surface area contributed by atoms with Crippen LogP contribution < -0.4 is 0 Å². The maximum Gasteiger partial charge on any atom is 0.259 e. The Hall–Kier alpha value is -1.12. The van der Waals surface area contributed by atoms with E-state index in [1.54, 1.807) is 0 Å². The molecule has 0 aliphatic rings. The second kappa shape index (κ2) is 2.96. The van der Waals surface area contributed by atoms with Gasteiger partial charge in [0.25, 0.3) is 5.78 Å². The summed E-state index contributed by atoms with van der Waals surface area (Å²) in [6.07, 6.45) is 1.23. The van der Waals surface area contributed by atoms with Gasteiger partial charge in [-0.25, -0.2) is 0 Å². The van der Waals surface area contributed by atoms with Gasteiger partial charge in [0, 0.05) is 0 Å². The fourth-order valence-corrected chi connectivity index (χ4v) is 0.203. The Labute approximate surface area is 46.6 Å². The highest BCUT2D eigenvalue weighted by Crippen LogP contribution is 1.84. The van der Waals surface area contributed by atoms with E-state index in [-0.39, 0.29) is 6.29 Å². The van der Waals surface area contributed by atoms with Crippen molar-refractivity contribution in [2.24, 2.45) is 0 Å². The normalized spacial score (nSPS) is 10.9. The molecular formula is C5H6O3. The Balaban J connectivity index is 4.03. The maximum absolute atomic E-state index is 10.1. The van der Waals surface area contributed by atoms with Crippen LogP contribution in [-0.2, 0) is 9.59 Å². The number of rotatable bonds is 2. The summed E-state index contributed by atoms with van der Waals surface area (Å²) < 4.78 is 0. The Kier molecular flexibility index (Phi) is 2.54. The van der Waals surface area contributed by atoms with E-state index in [1.807, 2.05) is 0 Å². The highest BCUT2D eigenvalue weighted by molar-refractivity contribution is 6.31. The van der Waals surface area contributed by atoms with Crippen LogP contribution in [0, 0.1) is 0 Å². The molecule has 0 aromatic heterocycles. The summed E-state index contributed by atoms with van der Waals surface area (Å²) in [6.45, 7) is 1.47. The van der Waals surface area contributed by atoms with E-state index in [0.29, 0.717) is 0 Å². The van der Waals surface area contributed by atoms with E-state index in [4.69, 9.17) is 5.11 Å². The second-order valence-electron chi connectivity index (χ2n) is 1.16. The van der Waals surface area contributed by atoms with Crippen molar-refractivity contribution < 1.29 is 14.7 Å². The lowest BCUT2D eigenvalue weighted by Gasteiger charge is -1.84. The summed E-state index contributed by atoms with van der Waals surface area (Å²) in [4.78, 5) is 19.6. The molecule has 0 saturated heterocycles. The Morgan fingerprint density at radius 2 is 2.12 bits per heavy atom. The number of carbonyl (C=O) groups is 2. The van der Waals surface area contributed by atoms with Gasteiger partial charge in [-0.3, -0.25) is 9.59 Å². The number of aliphatic hydroxyl groups excluding tert-OH is 1. The number of aldehydes is 1. The van der Waals surface area contributed by atoms with Crippen LogP contribution in [0.2, 0.25) is 0 Å². The molecule has 0 fully saturated rings. The standard InChI is InChI=1S/C5H6O3/c1-2-4(7)5(8)3-6/h2-3,7H,1H3. The zero-order valence-electron chi connectivity index (χ0n) is 4.42. The van der Waals surface area contributed by atoms with Gasteiger partial charge in [0.05, 0.1) is 0 Å². The van der Waals surface area contributed by atoms with E-state index < -0.39 is 11.5 Å². The summed E-state index contributed by atoms with van der Waals surface area (Å²) >= 11 is 0. The molecule has 0 heterocycles. The van der Waals surface area contributed by atoms with Crippen molar-refractivity contribution in [1.29, 1.82) is 0 Å². The van der Waals surface area contributed by atoms with E-state index >= 15 is 0 Å². The summed E-state index contributed by atoms with van der Waals surface area (Å²) in [5, 5.41) is 8.41. The molecule has 0 saturated carbocycles. The lowest BCUT2D eigenvalue weighted by Crippen LogP contribution is -2.01. The van der Waals surface area contributed by atoms with E-state index in [9.17, 15) is 9.59 Å². The van der Waals surface area contributed by atoms with Crippen LogP contribution in [-0.4, -0.2) is 17.2 Å². The van der Waals surface area contributed by atoms with Crippen LogP contribution in [0.1, 0.15) is 6.92 Å². The molecule has 0 bridgehead atoms. The molecule has 3 nitrogen and oxygen atoms in total. The van der Waals surface area contributed by atoms with Crippen molar-refractivity contribution in [2.45, 2.75) is 6.92 Å². The van der Waals surface area contributed by atoms with Crippen molar-refractivity contribution in [1.82, 2.24) is 0 Å². The fourth-order valence-electron chi connectivity index (χ4n) is 0.203. The van der Waals surface area contributed by atoms with Crippen LogP contribution in [0.4, 0.5) is 0 Å². The average Bonchev–Trinajstić information content (AvgIpc) is 1.84. The smallest absolute Gasteiger partial charge is 0.259 e. The molecule has 0 aromatic rings. The molecule has 0 aliphatic carbocycles. The van der Waals surface area contributed by atoms with Gasteiger partial charge in [0.2, 0.25) is 0 Å². The van der Waals surface area contributed by atoms with Gasteiger partial charge in [-0.2, -0.15) is 0 Å². The molecule has 0 atom stereocenters. The predicted octanol–water partition coefficient (Wildman–Crippen LogP) is 0.216. The molecule has 44 valence electrons. The minimum Gasteiger partial charge on any atom is -0.504 e. The molecule has 0 unspecified atom stereocenters. The number of hydrogen-bond acceptors (Lipinski definition) is 3. The number of aliphatic hydroxyl groups is 1. The number of allylic oxidation sites excluding steroid dienone is 2. The molecule has 0 aromatic carbocycles. The summed E-state index contributed by atoms with van der Waals surface area (Å²) in [5.41, 5.74) is 0. The van der Waals surface area contributed by atoms with E-state index in [0.717, 1.165) is 6.08 Å². The van der Waals surface area contributed by atoms with Crippen molar-refractivity contribution in [3.8, 4) is 0 Å². The topological polar surface area (TPSA) is 54.4 Å². The first-order valence-corrected chi connectivity index (χ1v) is 2.07. The summed E-state index contributed by atoms with van der Waals surface area (Å²) in [6, 6.07) is 0. The Morgan fingerprint density at radius 3 is 2.25 bits per heavy atom. The van der Waals surface area contributed by atoms with Gasteiger partial charge >= 0.3 is 0 Å². The van der Waals surface area contributed by atoms with Crippen molar-refractivity contribution in [3.05, 3.63) is 11.8 Å². The molecule has 3 heteroatoms. The SMILES string of the molecule is CC=C(O)C(=O)C=O. The Bertz CT molecular complexity index is 135. The summed E-state index contributed by atoms with van der Waals surface area (Å²) in [7, 11) is 0. The van der Waals surface area contributed by atoms with Crippen molar-refractivity contribution >= 4 is 12.1 Å². The predicted molar refractivity (Wildman–Crippen MR) is 27.5 cm³/mol. The minimum absolute atomic E-state index is 0.0648.